The Labute approximate surface area is 198 Å². The number of imidazole rings is 1. The Morgan fingerprint density at radius 1 is 1.11 bits per heavy atom. The van der Waals surface area contributed by atoms with Crippen LogP contribution in [0.5, 0.6) is 5.75 Å². The van der Waals surface area contributed by atoms with Gasteiger partial charge in [-0.15, -0.1) is 0 Å². The fourth-order valence-electron chi connectivity index (χ4n) is 4.15. The van der Waals surface area contributed by atoms with Crippen molar-refractivity contribution in [3.8, 4) is 11.6 Å². The summed E-state index contributed by atoms with van der Waals surface area (Å²) >= 11 is 0. The van der Waals surface area contributed by atoms with Crippen LogP contribution in [0, 0.1) is 24.4 Å². The number of hydrogen-bond donors (Lipinski definition) is 1. The predicted octanol–water partition coefficient (Wildman–Crippen LogP) is 3.79. The molecule has 8 nitrogen and oxygen atoms in total. The minimum absolute atomic E-state index is 0.114. The molecule has 0 fully saturated rings. The van der Waals surface area contributed by atoms with E-state index in [4.69, 9.17) is 4.74 Å². The van der Waals surface area contributed by atoms with Crippen LogP contribution in [0.3, 0.4) is 0 Å². The second-order valence-electron chi connectivity index (χ2n) is 8.28. The number of benzene rings is 1. The van der Waals surface area contributed by atoms with Crippen molar-refractivity contribution in [2.75, 3.05) is 7.11 Å². The monoisotopic (exact) mass is 482 g/mol. The number of ether oxygens (including phenoxy) is 1. The van der Waals surface area contributed by atoms with Gasteiger partial charge in [-0.25, -0.2) is 32.8 Å². The fraction of sp³-hybridized carbons (Fsp3) is 0.250. The predicted molar refractivity (Wildman–Crippen MR) is 120 cm³/mol. The smallest absolute Gasteiger partial charge is 0.194 e. The third-order valence-electron chi connectivity index (χ3n) is 5.88. The average Bonchev–Trinajstić information content (AvgIpc) is 3.47. The Bertz CT molecular complexity index is 1420. The molecule has 0 saturated heterocycles. The number of hydrogen-bond acceptors (Lipinski definition) is 6. The van der Waals surface area contributed by atoms with Gasteiger partial charge in [0.15, 0.2) is 40.7 Å². The van der Waals surface area contributed by atoms with E-state index < -0.39 is 23.1 Å². The van der Waals surface area contributed by atoms with Gasteiger partial charge in [-0.05, 0) is 61.2 Å². The maximum Gasteiger partial charge on any atom is 0.194 e. The van der Waals surface area contributed by atoms with E-state index in [9.17, 15) is 18.3 Å². The van der Waals surface area contributed by atoms with Crippen LogP contribution in [0.1, 0.15) is 41.3 Å². The van der Waals surface area contributed by atoms with Crippen molar-refractivity contribution in [3.05, 3.63) is 82.8 Å². The summed E-state index contributed by atoms with van der Waals surface area (Å²) in [5, 5.41) is 15.7. The molecule has 1 N–H and O–H groups in total. The molecule has 35 heavy (non-hydrogen) atoms. The Balaban J connectivity index is 1.45. The number of halogens is 3. The number of fused-ring (bicyclic) bond motifs is 1. The molecule has 1 aromatic carbocycles. The number of aryl methyl sites for hydroxylation is 2. The van der Waals surface area contributed by atoms with Gasteiger partial charge in [0, 0.05) is 18.9 Å². The molecule has 180 valence electrons. The summed E-state index contributed by atoms with van der Waals surface area (Å²) in [6, 6.07) is 3.38. The van der Waals surface area contributed by atoms with Crippen LogP contribution in [0.25, 0.3) is 18.0 Å². The largest absolute Gasteiger partial charge is 0.493 e. The quantitative estimate of drug-likeness (QED) is 0.436. The zero-order valence-corrected chi connectivity index (χ0v) is 18.9. The van der Waals surface area contributed by atoms with Crippen LogP contribution in [-0.4, -0.2) is 41.5 Å². The molecular weight excluding hydrogens is 461 g/mol. The number of nitrogens with zero attached hydrogens (tertiary/aromatic N) is 6. The van der Waals surface area contributed by atoms with Crippen molar-refractivity contribution in [2.45, 2.75) is 31.9 Å². The number of aliphatic hydroxyl groups is 1. The molecule has 0 amide bonds. The van der Waals surface area contributed by atoms with Gasteiger partial charge in [-0.3, -0.25) is 4.57 Å². The Kier molecular flexibility index (Phi) is 5.64. The summed E-state index contributed by atoms with van der Waals surface area (Å²) in [7, 11) is 1.55. The summed E-state index contributed by atoms with van der Waals surface area (Å²) in [5.41, 5.74) is -0.355. The molecule has 5 rings (SSSR count). The molecule has 0 spiro atoms. The van der Waals surface area contributed by atoms with E-state index in [1.54, 1.807) is 42.4 Å². The van der Waals surface area contributed by atoms with E-state index in [-0.39, 0.29) is 23.6 Å². The third-order valence-corrected chi connectivity index (χ3v) is 5.88. The van der Waals surface area contributed by atoms with Crippen molar-refractivity contribution in [1.29, 1.82) is 0 Å². The summed E-state index contributed by atoms with van der Waals surface area (Å²) in [5.74, 6) is -2.79. The van der Waals surface area contributed by atoms with E-state index in [1.807, 2.05) is 13.1 Å². The molecule has 4 heterocycles. The van der Waals surface area contributed by atoms with Crippen molar-refractivity contribution < 1.29 is 23.0 Å². The molecular formula is C24H21F3N6O2. The zero-order valence-electron chi connectivity index (χ0n) is 18.9. The second kappa shape index (κ2) is 8.66. The fourth-order valence-corrected chi connectivity index (χ4v) is 4.15. The summed E-state index contributed by atoms with van der Waals surface area (Å²) < 4.78 is 49.9. The first-order valence-electron chi connectivity index (χ1n) is 10.8. The minimum atomic E-state index is -1.80. The van der Waals surface area contributed by atoms with Crippen LogP contribution in [0.4, 0.5) is 13.2 Å². The van der Waals surface area contributed by atoms with E-state index >= 15 is 0 Å². The highest BCUT2D eigenvalue weighted by Gasteiger charge is 2.40. The Hall–Kier alpha value is -3.99. The van der Waals surface area contributed by atoms with Gasteiger partial charge in [0.2, 0.25) is 0 Å². The standard InChI is InChI=1S/C24H21F3N6O2/c1-14-12-32(13-29-14)22-19(35-2)8-15(11-28-22)4-5-20-30-23-24(34,6-3-7-33(23)31-20)16-9-17(25)21(27)18(26)10-16/h4-5,8-13,34H,3,6-7H2,1-2H3/t24-/m0/s1. The van der Waals surface area contributed by atoms with Crippen LogP contribution >= 0.6 is 0 Å². The van der Waals surface area contributed by atoms with Crippen molar-refractivity contribution in [2.24, 2.45) is 0 Å². The molecule has 0 radical (unpaired) electrons. The number of methoxy groups -OCH3 is 1. The zero-order chi connectivity index (χ0) is 24.7. The summed E-state index contributed by atoms with van der Waals surface area (Å²) in [6.45, 7) is 2.35. The van der Waals surface area contributed by atoms with E-state index in [2.05, 4.69) is 20.1 Å². The van der Waals surface area contributed by atoms with Crippen molar-refractivity contribution in [1.82, 2.24) is 29.3 Å². The lowest BCUT2D eigenvalue weighted by atomic mass is 9.86. The van der Waals surface area contributed by atoms with Gasteiger partial charge in [0.05, 0.1) is 12.8 Å². The molecule has 4 aromatic rings. The van der Waals surface area contributed by atoms with Crippen LogP contribution < -0.4 is 4.74 Å². The lowest BCUT2D eigenvalue weighted by Crippen LogP contribution is -2.36. The average molecular weight is 482 g/mol. The lowest BCUT2D eigenvalue weighted by molar-refractivity contribution is 0.0387. The molecule has 1 atom stereocenters. The second-order valence-corrected chi connectivity index (χ2v) is 8.28. The molecule has 3 aromatic heterocycles. The van der Waals surface area contributed by atoms with Gasteiger partial charge < -0.3 is 9.84 Å². The van der Waals surface area contributed by atoms with Gasteiger partial charge >= 0.3 is 0 Å². The first-order chi connectivity index (χ1) is 16.8. The molecule has 0 saturated carbocycles. The maximum absolute atomic E-state index is 13.9. The first kappa shape index (κ1) is 22.8. The van der Waals surface area contributed by atoms with Gasteiger partial charge in [0.25, 0.3) is 0 Å². The van der Waals surface area contributed by atoms with E-state index in [0.717, 1.165) is 17.8 Å². The molecule has 1 aliphatic rings. The van der Waals surface area contributed by atoms with E-state index in [1.165, 1.54) is 4.68 Å². The summed E-state index contributed by atoms with van der Waals surface area (Å²) in [6.07, 6.45) is 9.16. The molecule has 1 aliphatic heterocycles. The van der Waals surface area contributed by atoms with Crippen molar-refractivity contribution >= 4 is 12.2 Å². The van der Waals surface area contributed by atoms with Crippen LogP contribution in [0.15, 0.2) is 36.9 Å². The summed E-state index contributed by atoms with van der Waals surface area (Å²) in [4.78, 5) is 13.1. The Morgan fingerprint density at radius 2 is 1.89 bits per heavy atom. The lowest BCUT2D eigenvalue weighted by Gasteiger charge is -2.31. The SMILES string of the molecule is COc1cc(C=Cc2nc3n(n2)CCC[C@]3(O)c2cc(F)c(F)c(F)c2)cnc1-n1cnc(C)c1. The minimum Gasteiger partial charge on any atom is -0.493 e. The number of pyridine rings is 1. The maximum atomic E-state index is 13.9. The highest BCUT2D eigenvalue weighted by molar-refractivity contribution is 5.67. The normalized spacial score (nSPS) is 17.7. The van der Waals surface area contributed by atoms with E-state index in [0.29, 0.717) is 30.1 Å². The van der Waals surface area contributed by atoms with Gasteiger partial charge in [-0.1, -0.05) is 0 Å². The number of aromatic nitrogens is 6. The van der Waals surface area contributed by atoms with Crippen LogP contribution in [0.2, 0.25) is 0 Å². The highest BCUT2D eigenvalue weighted by Crippen LogP contribution is 2.37. The molecule has 0 unspecified atom stereocenters. The van der Waals surface area contributed by atoms with Crippen LogP contribution in [-0.2, 0) is 12.1 Å². The van der Waals surface area contributed by atoms with Gasteiger partial charge in [0.1, 0.15) is 11.9 Å². The first-order valence-corrected chi connectivity index (χ1v) is 10.8. The highest BCUT2D eigenvalue weighted by atomic mass is 19.2. The number of rotatable bonds is 5. The third kappa shape index (κ3) is 4.08. The molecule has 11 heteroatoms. The topological polar surface area (TPSA) is 90.9 Å². The molecule has 0 aliphatic carbocycles. The van der Waals surface area contributed by atoms with Crippen molar-refractivity contribution in [3.63, 3.8) is 0 Å². The Morgan fingerprint density at radius 3 is 2.57 bits per heavy atom. The van der Waals surface area contributed by atoms with Gasteiger partial charge in [-0.2, -0.15) is 5.10 Å². The molecule has 0 bridgehead atoms.